The summed E-state index contributed by atoms with van der Waals surface area (Å²) >= 11 is 0. The lowest BCUT2D eigenvalue weighted by molar-refractivity contribution is -0.158. The normalized spacial score (nSPS) is 18.0. The fourth-order valence-corrected chi connectivity index (χ4v) is 5.97. The van der Waals surface area contributed by atoms with Gasteiger partial charge >= 0.3 is 12.1 Å². The Morgan fingerprint density at radius 1 is 0.868 bits per heavy atom. The molecule has 1 saturated heterocycles. The molecule has 2 aliphatic rings. The van der Waals surface area contributed by atoms with Crippen LogP contribution in [0.4, 0.5) is 4.79 Å². The molecular formula is C38H57N5O10. The Balaban J connectivity index is 1.66. The molecule has 3 rings (SSSR count). The van der Waals surface area contributed by atoms with Crippen molar-refractivity contribution >= 4 is 41.5 Å². The molecule has 15 nitrogen and oxygen atoms in total. The highest BCUT2D eigenvalue weighted by Gasteiger charge is 2.38. The zero-order valence-electron chi connectivity index (χ0n) is 31.8. The molecule has 2 fully saturated rings. The summed E-state index contributed by atoms with van der Waals surface area (Å²) in [5.74, 6) is -4.84. The lowest BCUT2D eigenvalue weighted by Crippen LogP contribution is -2.58. The molecule has 1 heterocycles. The minimum absolute atomic E-state index is 0.100. The van der Waals surface area contributed by atoms with Gasteiger partial charge in [-0.2, -0.15) is 0 Å². The number of hydrogen-bond acceptors (Lipinski definition) is 10. The van der Waals surface area contributed by atoms with E-state index in [4.69, 9.17) is 14.2 Å². The highest BCUT2D eigenvalue weighted by Crippen LogP contribution is 2.27. The van der Waals surface area contributed by atoms with Gasteiger partial charge in [-0.15, -0.1) is 0 Å². The first-order chi connectivity index (χ1) is 25.1. The largest absolute Gasteiger partial charge is 0.458 e. The number of Topliss-reactive ketones (excluding diaryl/α,β-unsaturated/α-hetero) is 1. The van der Waals surface area contributed by atoms with E-state index in [-0.39, 0.29) is 37.4 Å². The highest BCUT2D eigenvalue weighted by atomic mass is 16.6. The molecule has 1 aromatic rings. The van der Waals surface area contributed by atoms with Crippen LogP contribution in [0.1, 0.15) is 105 Å². The molecule has 0 radical (unpaired) electrons. The molecule has 1 aliphatic heterocycles. The summed E-state index contributed by atoms with van der Waals surface area (Å²) in [4.78, 5) is 92.1. The van der Waals surface area contributed by atoms with E-state index in [9.17, 15) is 33.6 Å². The summed E-state index contributed by atoms with van der Waals surface area (Å²) in [6, 6.07) is 3.96. The number of alkyl carbamates (subject to hydrolysis) is 1. The zero-order valence-corrected chi connectivity index (χ0v) is 31.8. The maximum atomic E-state index is 13.7. The summed E-state index contributed by atoms with van der Waals surface area (Å²) in [5, 5.41) is 12.9. The third kappa shape index (κ3) is 15.2. The average Bonchev–Trinajstić information content (AvgIpc) is 3.94. The van der Waals surface area contributed by atoms with Crippen molar-refractivity contribution in [2.75, 3.05) is 19.8 Å². The second kappa shape index (κ2) is 20.6. The van der Waals surface area contributed by atoms with E-state index in [2.05, 4.69) is 26.6 Å². The van der Waals surface area contributed by atoms with Gasteiger partial charge in [0.2, 0.25) is 23.5 Å². The Labute approximate surface area is 311 Å². The standard InChI is InChI=1S/C38H57N5O10/c1-7-14-27(32(45)35(48)39-20-29(44)42-31(25-17-12-9-13-18-25)36(49)53-38(4,5)6)40-33(46)28(19-26-22-51-26)41-34(47)30(24-15-10-8-11-16-24)43-37(50)52-21-23(2)3/h9,12-13,17-18,23-24,26-28,30-31H,7-8,10-11,14-16,19-22H2,1-6H3,(H,39,48)(H,40,46)(H,41,47)(H,42,44)(H,43,50)/t26?,27?,28?,30?,31-/m0/s1. The number of carbonyl (C=O) groups excluding carboxylic acids is 7. The maximum absolute atomic E-state index is 13.7. The van der Waals surface area contributed by atoms with Crippen molar-refractivity contribution in [3.05, 3.63) is 35.9 Å². The van der Waals surface area contributed by atoms with Gasteiger partial charge in [0.05, 0.1) is 31.9 Å². The third-order valence-corrected chi connectivity index (χ3v) is 8.68. The lowest BCUT2D eigenvalue weighted by atomic mass is 9.83. The van der Waals surface area contributed by atoms with E-state index in [0.29, 0.717) is 18.6 Å². The summed E-state index contributed by atoms with van der Waals surface area (Å²) in [6.45, 7) is 10.6. The quantitative estimate of drug-likeness (QED) is 0.0795. The van der Waals surface area contributed by atoms with Crippen LogP contribution in [0.2, 0.25) is 0 Å². The topological polar surface area (TPSA) is 211 Å². The number of nitrogens with one attached hydrogen (secondary N) is 5. The second-order valence-electron chi connectivity index (χ2n) is 15.1. The van der Waals surface area contributed by atoms with Gasteiger partial charge in [0, 0.05) is 6.42 Å². The monoisotopic (exact) mass is 743 g/mol. The molecule has 5 amide bonds. The van der Waals surface area contributed by atoms with Crippen LogP contribution >= 0.6 is 0 Å². The Morgan fingerprint density at radius 3 is 2.09 bits per heavy atom. The van der Waals surface area contributed by atoms with Gasteiger partial charge in [-0.05, 0) is 57.4 Å². The molecule has 294 valence electrons. The first kappa shape index (κ1) is 42.9. The van der Waals surface area contributed by atoms with Crippen LogP contribution in [0.15, 0.2) is 30.3 Å². The Morgan fingerprint density at radius 2 is 1.51 bits per heavy atom. The second-order valence-corrected chi connectivity index (χ2v) is 15.1. The number of esters is 1. The van der Waals surface area contributed by atoms with Crippen LogP contribution in [-0.2, 0) is 43.0 Å². The van der Waals surface area contributed by atoms with Crippen LogP contribution in [0, 0.1) is 11.8 Å². The minimum atomic E-state index is -1.26. The van der Waals surface area contributed by atoms with E-state index in [1.54, 1.807) is 58.0 Å². The maximum Gasteiger partial charge on any atom is 0.407 e. The van der Waals surface area contributed by atoms with Crippen molar-refractivity contribution in [1.29, 1.82) is 0 Å². The lowest BCUT2D eigenvalue weighted by Gasteiger charge is -2.31. The molecule has 0 spiro atoms. The predicted octanol–water partition coefficient (Wildman–Crippen LogP) is 2.76. The molecule has 15 heteroatoms. The molecule has 0 bridgehead atoms. The van der Waals surface area contributed by atoms with Gasteiger partial charge in [-0.25, -0.2) is 9.59 Å². The first-order valence-corrected chi connectivity index (χ1v) is 18.6. The van der Waals surface area contributed by atoms with Crippen LogP contribution in [-0.4, -0.2) is 91.1 Å². The molecule has 53 heavy (non-hydrogen) atoms. The molecule has 4 unspecified atom stereocenters. The molecular weight excluding hydrogens is 686 g/mol. The van der Waals surface area contributed by atoms with Crippen LogP contribution in [0.25, 0.3) is 0 Å². The number of epoxide rings is 1. The SMILES string of the molecule is CCCC(NC(=O)C(CC1CO1)NC(=O)C(NC(=O)OCC(C)C)C1CCCCC1)C(=O)C(=O)NCC(=O)N[C@H](C(=O)OC(C)(C)C)c1ccccc1. The highest BCUT2D eigenvalue weighted by molar-refractivity contribution is 6.38. The Hall–Kier alpha value is -4.53. The molecule has 1 aromatic carbocycles. The fourth-order valence-electron chi connectivity index (χ4n) is 5.97. The van der Waals surface area contributed by atoms with Gasteiger partial charge in [0.15, 0.2) is 6.04 Å². The van der Waals surface area contributed by atoms with E-state index in [0.717, 1.165) is 32.1 Å². The Bertz CT molecular complexity index is 1420. The van der Waals surface area contributed by atoms with Crippen LogP contribution < -0.4 is 26.6 Å². The van der Waals surface area contributed by atoms with Crippen molar-refractivity contribution in [2.45, 2.75) is 129 Å². The van der Waals surface area contributed by atoms with E-state index in [1.165, 1.54) is 0 Å². The molecule has 5 atom stereocenters. The number of hydrogen-bond donors (Lipinski definition) is 5. The van der Waals surface area contributed by atoms with Gasteiger partial charge in [-0.1, -0.05) is 76.8 Å². The van der Waals surface area contributed by atoms with Gasteiger partial charge in [0.25, 0.3) is 5.91 Å². The number of ether oxygens (including phenoxy) is 3. The van der Waals surface area contributed by atoms with Crippen molar-refractivity contribution in [2.24, 2.45) is 11.8 Å². The summed E-state index contributed by atoms with van der Waals surface area (Å²) in [6.07, 6.45) is 3.91. The number of ketones is 1. The number of carbonyl (C=O) groups is 7. The third-order valence-electron chi connectivity index (χ3n) is 8.68. The smallest absolute Gasteiger partial charge is 0.407 e. The van der Waals surface area contributed by atoms with E-state index in [1.807, 2.05) is 13.8 Å². The Kier molecular flexibility index (Phi) is 16.7. The van der Waals surface area contributed by atoms with Crippen molar-refractivity contribution in [1.82, 2.24) is 26.6 Å². The fraction of sp³-hybridized carbons (Fsp3) is 0.658. The van der Waals surface area contributed by atoms with Crippen LogP contribution in [0.5, 0.6) is 0 Å². The number of benzene rings is 1. The summed E-state index contributed by atoms with van der Waals surface area (Å²) in [7, 11) is 0. The van der Waals surface area contributed by atoms with Gasteiger partial charge < -0.3 is 40.8 Å². The zero-order chi connectivity index (χ0) is 39.1. The molecule has 5 N–H and O–H groups in total. The van der Waals surface area contributed by atoms with E-state index >= 15 is 0 Å². The van der Waals surface area contributed by atoms with Crippen LogP contribution in [0.3, 0.4) is 0 Å². The van der Waals surface area contributed by atoms with Crippen molar-refractivity contribution in [3.63, 3.8) is 0 Å². The predicted molar refractivity (Wildman–Crippen MR) is 194 cm³/mol. The number of rotatable bonds is 19. The van der Waals surface area contributed by atoms with Gasteiger partial charge in [-0.3, -0.25) is 24.0 Å². The summed E-state index contributed by atoms with van der Waals surface area (Å²) in [5.41, 5.74) is -0.356. The molecule has 1 saturated carbocycles. The van der Waals surface area contributed by atoms with E-state index < -0.39 is 77.8 Å². The average molecular weight is 744 g/mol. The van der Waals surface area contributed by atoms with Crippen molar-refractivity contribution < 1.29 is 47.8 Å². The molecule has 1 aliphatic carbocycles. The summed E-state index contributed by atoms with van der Waals surface area (Å²) < 4.78 is 16.1. The first-order valence-electron chi connectivity index (χ1n) is 18.6. The van der Waals surface area contributed by atoms with Crippen molar-refractivity contribution in [3.8, 4) is 0 Å². The number of amides is 5. The molecule has 0 aromatic heterocycles. The van der Waals surface area contributed by atoms with Gasteiger partial charge in [0.1, 0.15) is 17.7 Å². The minimum Gasteiger partial charge on any atom is -0.458 e.